The highest BCUT2D eigenvalue weighted by Gasteiger charge is 1.94. The van der Waals surface area contributed by atoms with Crippen molar-refractivity contribution in [3.05, 3.63) is 60.7 Å². The van der Waals surface area contributed by atoms with Crippen LogP contribution >= 0.6 is 0 Å². The Morgan fingerprint density at radius 2 is 1.35 bits per heavy atom. The van der Waals surface area contributed by atoms with Crippen molar-refractivity contribution in [1.82, 2.24) is 0 Å². The van der Waals surface area contributed by atoms with Gasteiger partial charge < -0.3 is 10.1 Å². The molecule has 0 bridgehead atoms. The maximum Gasteiger partial charge on any atom is 0.119 e. The molecule has 0 heterocycles. The highest BCUT2D eigenvalue weighted by Crippen LogP contribution is 2.10. The zero-order valence-corrected chi connectivity index (χ0v) is 11.9. The summed E-state index contributed by atoms with van der Waals surface area (Å²) in [6.07, 6.45) is 4.81. The quantitative estimate of drug-likeness (QED) is 0.664. The second-order valence-electron chi connectivity index (χ2n) is 4.87. The van der Waals surface area contributed by atoms with E-state index in [1.807, 2.05) is 36.4 Å². The van der Waals surface area contributed by atoms with Crippen LogP contribution in [0, 0.1) is 0 Å². The van der Waals surface area contributed by atoms with Gasteiger partial charge in [-0.2, -0.15) is 0 Å². The topological polar surface area (TPSA) is 21.3 Å². The molecule has 0 amide bonds. The fourth-order valence-corrected chi connectivity index (χ4v) is 2.08. The van der Waals surface area contributed by atoms with E-state index in [4.69, 9.17) is 4.74 Å². The van der Waals surface area contributed by atoms with E-state index < -0.39 is 0 Å². The van der Waals surface area contributed by atoms with Gasteiger partial charge in [0.15, 0.2) is 0 Å². The number of nitrogens with one attached hydrogen (secondary N) is 1. The zero-order chi connectivity index (χ0) is 13.9. The van der Waals surface area contributed by atoms with Crippen LogP contribution in [0.3, 0.4) is 0 Å². The third-order valence-electron chi connectivity index (χ3n) is 3.19. The molecule has 106 valence electrons. The first-order chi connectivity index (χ1) is 9.95. The summed E-state index contributed by atoms with van der Waals surface area (Å²) in [7, 11) is 0. The summed E-state index contributed by atoms with van der Waals surface area (Å²) in [4.78, 5) is 0. The summed E-state index contributed by atoms with van der Waals surface area (Å²) in [5.74, 6) is 0.971. The second-order valence-corrected chi connectivity index (χ2v) is 4.87. The summed E-state index contributed by atoms with van der Waals surface area (Å²) in [5.41, 5.74) is 1.21. The molecule has 0 spiro atoms. The Morgan fingerprint density at radius 1 is 0.700 bits per heavy atom. The van der Waals surface area contributed by atoms with Crippen molar-refractivity contribution in [2.75, 3.05) is 18.5 Å². The predicted molar refractivity (Wildman–Crippen MR) is 85.3 cm³/mol. The SMILES string of the molecule is c1ccc(NCCCCCCOc2ccccc2)cc1. The van der Waals surface area contributed by atoms with Crippen LogP contribution in [0.15, 0.2) is 60.7 Å². The standard InChI is InChI=1S/C18H23NO/c1(9-15-19-17-11-5-3-6-12-17)2-10-16-20-18-13-7-4-8-14-18/h3-8,11-14,19H,1-2,9-10,15-16H2. The molecule has 20 heavy (non-hydrogen) atoms. The lowest BCUT2D eigenvalue weighted by Gasteiger charge is -2.07. The fourth-order valence-electron chi connectivity index (χ4n) is 2.08. The van der Waals surface area contributed by atoms with E-state index in [1.54, 1.807) is 0 Å². The Morgan fingerprint density at radius 3 is 2.10 bits per heavy atom. The Kier molecular flexibility index (Phi) is 6.52. The molecule has 0 saturated carbocycles. The van der Waals surface area contributed by atoms with Gasteiger partial charge in [0.05, 0.1) is 6.61 Å². The molecule has 2 aromatic carbocycles. The number of para-hydroxylation sites is 2. The second kappa shape index (κ2) is 9.03. The minimum Gasteiger partial charge on any atom is -0.494 e. The molecular weight excluding hydrogens is 246 g/mol. The molecule has 0 atom stereocenters. The van der Waals surface area contributed by atoms with E-state index in [-0.39, 0.29) is 0 Å². The molecule has 2 rings (SSSR count). The molecule has 1 N–H and O–H groups in total. The summed E-state index contributed by atoms with van der Waals surface area (Å²) in [6, 6.07) is 20.4. The Hall–Kier alpha value is -1.96. The maximum atomic E-state index is 5.67. The molecule has 0 aliphatic carbocycles. The molecule has 0 aromatic heterocycles. The Bertz CT molecular complexity index is 410. The first kappa shape index (κ1) is 14.4. The smallest absolute Gasteiger partial charge is 0.119 e. The van der Waals surface area contributed by atoms with Crippen molar-refractivity contribution in [3.8, 4) is 5.75 Å². The van der Waals surface area contributed by atoms with E-state index in [1.165, 1.54) is 24.9 Å². The van der Waals surface area contributed by atoms with Gasteiger partial charge >= 0.3 is 0 Å². The van der Waals surface area contributed by atoms with Gasteiger partial charge in [-0.3, -0.25) is 0 Å². The molecule has 0 aliphatic heterocycles. The van der Waals surface area contributed by atoms with Gasteiger partial charge in [0.2, 0.25) is 0 Å². The van der Waals surface area contributed by atoms with Gasteiger partial charge in [-0.25, -0.2) is 0 Å². The highest BCUT2D eigenvalue weighted by molar-refractivity contribution is 5.42. The molecule has 2 heteroatoms. The van der Waals surface area contributed by atoms with Crippen molar-refractivity contribution in [1.29, 1.82) is 0 Å². The van der Waals surface area contributed by atoms with Crippen molar-refractivity contribution in [2.24, 2.45) is 0 Å². The van der Waals surface area contributed by atoms with Crippen LogP contribution < -0.4 is 10.1 Å². The summed E-state index contributed by atoms with van der Waals surface area (Å²) in [6.45, 7) is 1.86. The van der Waals surface area contributed by atoms with Crippen LogP contribution in [0.2, 0.25) is 0 Å². The summed E-state index contributed by atoms with van der Waals surface area (Å²) < 4.78 is 5.67. The third kappa shape index (κ3) is 5.79. The first-order valence-electron chi connectivity index (χ1n) is 7.42. The van der Waals surface area contributed by atoms with Crippen molar-refractivity contribution in [3.63, 3.8) is 0 Å². The molecule has 0 unspecified atom stereocenters. The number of hydrogen-bond acceptors (Lipinski definition) is 2. The van der Waals surface area contributed by atoms with Crippen molar-refractivity contribution < 1.29 is 4.74 Å². The van der Waals surface area contributed by atoms with Gasteiger partial charge in [0, 0.05) is 12.2 Å². The van der Waals surface area contributed by atoms with Crippen LogP contribution in [0.4, 0.5) is 5.69 Å². The van der Waals surface area contributed by atoms with Crippen molar-refractivity contribution in [2.45, 2.75) is 25.7 Å². The zero-order valence-electron chi connectivity index (χ0n) is 11.9. The maximum absolute atomic E-state index is 5.67. The highest BCUT2D eigenvalue weighted by atomic mass is 16.5. The van der Waals surface area contributed by atoms with Crippen molar-refractivity contribution >= 4 is 5.69 Å². The Labute approximate surface area is 121 Å². The number of hydrogen-bond donors (Lipinski definition) is 1. The lowest BCUT2D eigenvalue weighted by Crippen LogP contribution is -2.02. The normalized spacial score (nSPS) is 10.2. The summed E-state index contributed by atoms with van der Waals surface area (Å²) in [5, 5.41) is 3.43. The van der Waals surface area contributed by atoms with Crippen LogP contribution in [-0.2, 0) is 0 Å². The number of unbranched alkanes of at least 4 members (excludes halogenated alkanes) is 3. The molecular formula is C18H23NO. The van der Waals surface area contributed by atoms with Gasteiger partial charge in [0.25, 0.3) is 0 Å². The van der Waals surface area contributed by atoms with E-state index in [0.717, 1.165) is 25.3 Å². The van der Waals surface area contributed by atoms with Crippen LogP contribution in [-0.4, -0.2) is 13.2 Å². The average molecular weight is 269 g/mol. The van der Waals surface area contributed by atoms with E-state index in [0.29, 0.717) is 0 Å². The molecule has 2 nitrogen and oxygen atoms in total. The van der Waals surface area contributed by atoms with E-state index in [2.05, 4.69) is 29.6 Å². The number of benzene rings is 2. The minimum atomic E-state index is 0.816. The van der Waals surface area contributed by atoms with Gasteiger partial charge in [-0.15, -0.1) is 0 Å². The number of anilines is 1. The minimum absolute atomic E-state index is 0.816. The average Bonchev–Trinajstić information content (AvgIpc) is 2.52. The van der Waals surface area contributed by atoms with Gasteiger partial charge in [-0.1, -0.05) is 49.2 Å². The third-order valence-corrected chi connectivity index (χ3v) is 3.19. The Balaban J connectivity index is 1.44. The number of rotatable bonds is 9. The van der Waals surface area contributed by atoms with E-state index in [9.17, 15) is 0 Å². The van der Waals surface area contributed by atoms with Gasteiger partial charge in [0.1, 0.15) is 5.75 Å². The lowest BCUT2D eigenvalue weighted by atomic mass is 10.2. The monoisotopic (exact) mass is 269 g/mol. The van der Waals surface area contributed by atoms with Crippen LogP contribution in [0.5, 0.6) is 5.75 Å². The lowest BCUT2D eigenvalue weighted by molar-refractivity contribution is 0.305. The van der Waals surface area contributed by atoms with Crippen LogP contribution in [0.1, 0.15) is 25.7 Å². The van der Waals surface area contributed by atoms with Gasteiger partial charge in [-0.05, 0) is 37.1 Å². The first-order valence-corrected chi connectivity index (χ1v) is 7.42. The predicted octanol–water partition coefficient (Wildman–Crippen LogP) is 4.74. The fraction of sp³-hybridized carbons (Fsp3) is 0.333. The molecule has 0 aliphatic rings. The molecule has 0 saturated heterocycles. The summed E-state index contributed by atoms with van der Waals surface area (Å²) >= 11 is 0. The molecule has 0 radical (unpaired) electrons. The van der Waals surface area contributed by atoms with E-state index >= 15 is 0 Å². The largest absolute Gasteiger partial charge is 0.494 e. The number of ether oxygens (including phenoxy) is 1. The molecule has 0 fully saturated rings. The molecule has 2 aromatic rings. The van der Waals surface area contributed by atoms with Crippen LogP contribution in [0.25, 0.3) is 0 Å².